The Morgan fingerprint density at radius 3 is 2.18 bits per heavy atom. The van der Waals surface area contributed by atoms with E-state index in [0.717, 1.165) is 27.6 Å². The molecule has 0 aliphatic rings. The number of nitrogens with zero attached hydrogens (tertiary/aromatic N) is 1. The van der Waals surface area contributed by atoms with Crippen LogP contribution in [0, 0.1) is 0 Å². The highest BCUT2D eigenvalue weighted by atomic mass is 31.2. The lowest BCUT2D eigenvalue weighted by Crippen LogP contribution is -2.23. The first-order valence-electron chi connectivity index (χ1n) is 18.3. The summed E-state index contributed by atoms with van der Waals surface area (Å²) < 4.78 is 47.2. The van der Waals surface area contributed by atoms with Crippen molar-refractivity contribution in [1.29, 1.82) is 0 Å². The van der Waals surface area contributed by atoms with Crippen LogP contribution in [0.3, 0.4) is 0 Å². The second-order valence-corrected chi connectivity index (χ2v) is 17.8. The number of anilines is 2. The highest BCUT2D eigenvalue weighted by Gasteiger charge is 2.26. The number of aliphatic carboxylic acids is 1. The number of pyridine rings is 1. The molecule has 0 unspecified atom stereocenters. The summed E-state index contributed by atoms with van der Waals surface area (Å²) in [6.45, 7) is 10.2. The van der Waals surface area contributed by atoms with Crippen LogP contribution in [-0.2, 0) is 30.7 Å². The molecular weight excluding hydrogens is 749 g/mol. The number of carbonyl (C=O) groups excluding carboxylic acids is 1. The zero-order chi connectivity index (χ0) is 41.2. The minimum absolute atomic E-state index is 0.180. The van der Waals surface area contributed by atoms with Crippen LogP contribution in [0.4, 0.5) is 16.2 Å². The van der Waals surface area contributed by atoms with Crippen LogP contribution in [-0.4, -0.2) is 82.7 Å². The van der Waals surface area contributed by atoms with Gasteiger partial charge in [-0.15, -0.1) is 0 Å². The van der Waals surface area contributed by atoms with Gasteiger partial charge in [0.1, 0.15) is 43.4 Å². The molecule has 302 valence electrons. The fourth-order valence-electron chi connectivity index (χ4n) is 5.98. The number of carbonyl (C=O) groups is 2. The summed E-state index contributed by atoms with van der Waals surface area (Å²) >= 11 is 0. The van der Waals surface area contributed by atoms with Gasteiger partial charge in [0, 0.05) is 41.2 Å². The van der Waals surface area contributed by atoms with Gasteiger partial charge in [-0.2, -0.15) is 0 Å². The third-order valence-electron chi connectivity index (χ3n) is 8.77. The number of carboxylic acids is 1. The molecule has 5 rings (SSSR count). The molecule has 13 nitrogen and oxygen atoms in total. The Morgan fingerprint density at radius 2 is 1.47 bits per heavy atom. The first-order valence-corrected chi connectivity index (χ1v) is 20.9. The maximum absolute atomic E-state index is 13.5. The summed E-state index contributed by atoms with van der Waals surface area (Å²) in [5, 5.41) is 16.7. The number of aromatic nitrogens is 1. The fourth-order valence-corrected chi connectivity index (χ4v) is 7.13. The van der Waals surface area contributed by atoms with Crippen LogP contribution < -0.4 is 34.9 Å². The fraction of sp³-hybridized carbons (Fsp3) is 0.326. The van der Waals surface area contributed by atoms with E-state index in [2.05, 4.69) is 36.4 Å². The molecule has 0 saturated heterocycles. The second kappa shape index (κ2) is 19.0. The molecule has 4 aromatic carbocycles. The second-order valence-electron chi connectivity index (χ2n) is 14.6. The molecule has 0 bridgehead atoms. The van der Waals surface area contributed by atoms with Crippen molar-refractivity contribution >= 4 is 46.6 Å². The number of benzene rings is 4. The molecule has 0 aliphatic heterocycles. The van der Waals surface area contributed by atoms with Gasteiger partial charge in [0.05, 0.1) is 50.7 Å². The van der Waals surface area contributed by atoms with E-state index in [1.54, 1.807) is 50.9 Å². The van der Waals surface area contributed by atoms with E-state index in [0.29, 0.717) is 58.5 Å². The number of hydrogen-bond donors (Lipinski definition) is 3. The first kappa shape index (κ1) is 42.5. The maximum atomic E-state index is 13.5. The molecule has 1 heterocycles. The predicted molar refractivity (Wildman–Crippen MR) is 222 cm³/mol. The van der Waals surface area contributed by atoms with Crippen molar-refractivity contribution in [2.75, 3.05) is 71.2 Å². The topological polar surface area (TPSA) is 164 Å². The largest absolute Gasteiger partial charge is 0.497 e. The van der Waals surface area contributed by atoms with E-state index in [1.165, 1.54) is 7.11 Å². The minimum atomic E-state index is -2.75. The molecule has 0 saturated carbocycles. The number of rotatable bonds is 18. The molecule has 2 amide bonds. The molecule has 0 spiro atoms. The summed E-state index contributed by atoms with van der Waals surface area (Å²) in [6.07, 6.45) is 2.16. The lowest BCUT2D eigenvalue weighted by molar-refractivity contribution is -0.142. The van der Waals surface area contributed by atoms with Gasteiger partial charge in [0.15, 0.2) is 5.75 Å². The molecule has 1 aromatic heterocycles. The zero-order valence-corrected chi connectivity index (χ0v) is 34.2. The van der Waals surface area contributed by atoms with Gasteiger partial charge in [-0.1, -0.05) is 45.0 Å². The van der Waals surface area contributed by atoms with Gasteiger partial charge in [-0.25, -0.2) is 9.59 Å². The van der Waals surface area contributed by atoms with E-state index in [4.69, 9.17) is 33.5 Å². The minimum Gasteiger partial charge on any atom is -0.497 e. The van der Waals surface area contributed by atoms with Crippen molar-refractivity contribution in [2.24, 2.45) is 0 Å². The number of carboxylic acid groups (broad SMARTS) is 1. The van der Waals surface area contributed by atoms with Crippen LogP contribution in [0.25, 0.3) is 10.8 Å². The van der Waals surface area contributed by atoms with Gasteiger partial charge in [0.2, 0.25) is 0 Å². The number of nitrogens with one attached hydrogen (secondary N) is 2. The molecular formula is C43H50N3O10P. The van der Waals surface area contributed by atoms with Gasteiger partial charge >= 0.3 is 12.0 Å². The molecule has 14 heteroatoms. The Bertz CT molecular complexity index is 2250. The molecule has 0 fully saturated rings. The highest BCUT2D eigenvalue weighted by Crippen LogP contribution is 2.43. The van der Waals surface area contributed by atoms with E-state index in [9.17, 15) is 14.2 Å². The maximum Gasteiger partial charge on any atom is 0.329 e. The average molecular weight is 800 g/mol. The third-order valence-corrected chi connectivity index (χ3v) is 10.3. The zero-order valence-electron chi connectivity index (χ0n) is 33.3. The monoisotopic (exact) mass is 799 g/mol. The number of methoxy groups -OCH3 is 2. The summed E-state index contributed by atoms with van der Waals surface area (Å²) in [5.41, 5.74) is 3.33. The van der Waals surface area contributed by atoms with Crippen LogP contribution in [0.1, 0.15) is 37.6 Å². The number of ether oxygens (including phenoxy) is 6. The van der Waals surface area contributed by atoms with Crippen LogP contribution in [0.5, 0.6) is 28.7 Å². The van der Waals surface area contributed by atoms with E-state index < -0.39 is 19.1 Å². The van der Waals surface area contributed by atoms with Crippen molar-refractivity contribution in [1.82, 2.24) is 4.98 Å². The Balaban J connectivity index is 1.28. The summed E-state index contributed by atoms with van der Waals surface area (Å²) in [6, 6.07) is 23.8. The standard InChI is InChI=1S/C43H50N3O10P/c1-43(2,3)29-23-37(41(52-5)39(24-29)57(6,7)50)46-42(49)45-36-12-13-38(35-11-9-8-10-34(35)36)56-31-14-15-44-30(25-31)20-28-21-32(51-4)26-33(22-28)55-19-18-53-16-17-54-27-40(47)48/h8-15,21-26H,16-20,27H2,1-7H3,(H,47,48)(H2,45,46,49). The highest BCUT2D eigenvalue weighted by molar-refractivity contribution is 7.70. The van der Waals surface area contributed by atoms with E-state index >= 15 is 0 Å². The number of urea groups is 1. The normalized spacial score (nSPS) is 11.6. The predicted octanol–water partition coefficient (Wildman–Crippen LogP) is 8.32. The van der Waals surface area contributed by atoms with Crippen molar-refractivity contribution in [3.8, 4) is 28.7 Å². The van der Waals surface area contributed by atoms with Gasteiger partial charge in [-0.05, 0) is 72.3 Å². The van der Waals surface area contributed by atoms with Gasteiger partial charge < -0.3 is 48.7 Å². The van der Waals surface area contributed by atoms with Crippen molar-refractivity contribution < 1.29 is 47.7 Å². The summed E-state index contributed by atoms with van der Waals surface area (Å²) in [4.78, 5) is 28.6. The van der Waals surface area contributed by atoms with Crippen molar-refractivity contribution in [3.05, 3.63) is 102 Å². The van der Waals surface area contributed by atoms with Crippen LogP contribution in [0.15, 0.2) is 85.1 Å². The van der Waals surface area contributed by atoms with Crippen LogP contribution in [0.2, 0.25) is 0 Å². The quantitative estimate of drug-likeness (QED) is 0.0577. The van der Waals surface area contributed by atoms with E-state index in [-0.39, 0.29) is 31.8 Å². The summed E-state index contributed by atoms with van der Waals surface area (Å²) in [7, 11) is 0.339. The lowest BCUT2D eigenvalue weighted by atomic mass is 9.86. The number of amides is 2. The number of fused-ring (bicyclic) bond motifs is 1. The van der Waals surface area contributed by atoms with Crippen molar-refractivity contribution in [2.45, 2.75) is 32.6 Å². The Hall–Kier alpha value is -5.62. The molecule has 3 N–H and O–H groups in total. The Morgan fingerprint density at radius 1 is 0.772 bits per heavy atom. The summed E-state index contributed by atoms with van der Waals surface area (Å²) in [5.74, 6) is 1.75. The Kier molecular flexibility index (Phi) is 14.2. The van der Waals surface area contributed by atoms with Crippen LogP contribution >= 0.6 is 7.14 Å². The number of hydrogen-bond acceptors (Lipinski definition) is 10. The molecule has 57 heavy (non-hydrogen) atoms. The smallest absolute Gasteiger partial charge is 0.329 e. The van der Waals surface area contributed by atoms with Gasteiger partial charge in [-0.3, -0.25) is 4.98 Å². The molecule has 0 atom stereocenters. The molecule has 5 aromatic rings. The van der Waals surface area contributed by atoms with E-state index in [1.807, 2.05) is 54.6 Å². The lowest BCUT2D eigenvalue weighted by Gasteiger charge is -2.25. The molecule has 0 aliphatic carbocycles. The van der Waals surface area contributed by atoms with Crippen molar-refractivity contribution in [3.63, 3.8) is 0 Å². The van der Waals surface area contributed by atoms with Gasteiger partial charge in [0.25, 0.3) is 0 Å². The first-order chi connectivity index (χ1) is 27.1. The third kappa shape index (κ3) is 11.9. The average Bonchev–Trinajstić information content (AvgIpc) is 3.15. The SMILES string of the molecule is COc1cc(Cc2cc(Oc3ccc(NC(=O)Nc4cc(C(C)(C)C)cc(P(C)(C)=O)c4OC)c4ccccc34)ccn2)cc(OCCOCCOCC(=O)O)c1. The Labute approximate surface area is 333 Å². The molecule has 0 radical (unpaired) electrons.